The SMILES string of the molecule is CN=C(NCCc1cccc(F)c1F)N1CCCC(CC(N)=O)C1.I. The molecule has 25 heavy (non-hydrogen) atoms. The first-order chi connectivity index (χ1) is 11.5. The fourth-order valence-corrected chi connectivity index (χ4v) is 3.09. The van der Waals surface area contributed by atoms with Crippen molar-refractivity contribution in [3.8, 4) is 0 Å². The van der Waals surface area contributed by atoms with E-state index < -0.39 is 11.6 Å². The highest BCUT2D eigenvalue weighted by Gasteiger charge is 2.23. The number of hydrogen-bond donors (Lipinski definition) is 2. The third-order valence-corrected chi connectivity index (χ3v) is 4.23. The topological polar surface area (TPSA) is 70.7 Å². The van der Waals surface area contributed by atoms with Gasteiger partial charge in [0.15, 0.2) is 17.6 Å². The second-order valence-corrected chi connectivity index (χ2v) is 6.06. The van der Waals surface area contributed by atoms with Crippen molar-refractivity contribution in [1.29, 1.82) is 0 Å². The van der Waals surface area contributed by atoms with E-state index in [-0.39, 0.29) is 35.8 Å². The van der Waals surface area contributed by atoms with Crippen LogP contribution in [0.25, 0.3) is 0 Å². The Labute approximate surface area is 164 Å². The molecule has 0 aromatic heterocycles. The minimum absolute atomic E-state index is 0. The van der Waals surface area contributed by atoms with E-state index in [0.717, 1.165) is 32.0 Å². The Morgan fingerprint density at radius 2 is 2.20 bits per heavy atom. The van der Waals surface area contributed by atoms with Crippen LogP contribution in [-0.4, -0.2) is 43.4 Å². The molecular weight excluding hydrogens is 441 g/mol. The number of rotatable bonds is 5. The van der Waals surface area contributed by atoms with Crippen molar-refractivity contribution in [2.75, 3.05) is 26.7 Å². The summed E-state index contributed by atoms with van der Waals surface area (Å²) < 4.78 is 26.9. The molecule has 0 aliphatic carbocycles. The zero-order chi connectivity index (χ0) is 17.5. The summed E-state index contributed by atoms with van der Waals surface area (Å²) >= 11 is 0. The number of aliphatic imine (C=N–C) groups is 1. The summed E-state index contributed by atoms with van der Waals surface area (Å²) in [6, 6.07) is 4.19. The molecule has 5 nitrogen and oxygen atoms in total. The van der Waals surface area contributed by atoms with Crippen molar-refractivity contribution in [2.45, 2.75) is 25.7 Å². The lowest BCUT2D eigenvalue weighted by molar-refractivity contribution is -0.119. The van der Waals surface area contributed by atoms with Gasteiger partial charge in [-0.05, 0) is 36.8 Å². The standard InChI is InChI=1S/C17H24F2N4O.HI/c1-21-17(23-9-3-4-12(11-23)10-15(20)24)22-8-7-13-5-2-6-14(18)16(13)19;/h2,5-6,12H,3-4,7-11H2,1H3,(H2,20,24)(H,21,22);1H. The molecule has 2 rings (SSSR count). The Balaban J connectivity index is 0.00000312. The molecule has 1 unspecified atom stereocenters. The number of hydrogen-bond acceptors (Lipinski definition) is 2. The van der Waals surface area contributed by atoms with Gasteiger partial charge < -0.3 is 16.0 Å². The van der Waals surface area contributed by atoms with E-state index in [9.17, 15) is 13.6 Å². The summed E-state index contributed by atoms with van der Waals surface area (Å²) in [4.78, 5) is 17.4. The molecule has 1 aromatic carbocycles. The molecule has 140 valence electrons. The molecule has 1 aromatic rings. The molecule has 1 fully saturated rings. The Hall–Kier alpha value is -1.45. The molecule has 1 aliphatic heterocycles. The van der Waals surface area contributed by atoms with Crippen LogP contribution in [0.1, 0.15) is 24.8 Å². The van der Waals surface area contributed by atoms with Crippen LogP contribution in [0, 0.1) is 17.6 Å². The maximum absolute atomic E-state index is 13.6. The molecule has 0 spiro atoms. The number of amides is 1. The average Bonchev–Trinajstić information content (AvgIpc) is 2.55. The van der Waals surface area contributed by atoms with Crippen LogP contribution in [-0.2, 0) is 11.2 Å². The number of benzene rings is 1. The number of guanidine groups is 1. The number of nitrogens with one attached hydrogen (secondary N) is 1. The van der Waals surface area contributed by atoms with Gasteiger partial charge in [0.2, 0.25) is 5.91 Å². The molecule has 8 heteroatoms. The third-order valence-electron chi connectivity index (χ3n) is 4.23. The van der Waals surface area contributed by atoms with E-state index in [4.69, 9.17) is 5.73 Å². The van der Waals surface area contributed by atoms with Crippen LogP contribution in [0.4, 0.5) is 8.78 Å². The van der Waals surface area contributed by atoms with Gasteiger partial charge in [0.05, 0.1) is 0 Å². The molecule has 0 radical (unpaired) electrons. The van der Waals surface area contributed by atoms with Crippen molar-refractivity contribution in [3.05, 3.63) is 35.4 Å². The van der Waals surface area contributed by atoms with Crippen LogP contribution >= 0.6 is 24.0 Å². The number of primary amides is 1. The Morgan fingerprint density at radius 3 is 2.88 bits per heavy atom. The van der Waals surface area contributed by atoms with E-state index in [1.54, 1.807) is 13.1 Å². The summed E-state index contributed by atoms with van der Waals surface area (Å²) in [5, 5.41) is 3.18. The first kappa shape index (κ1) is 21.6. The number of carbonyl (C=O) groups excluding carboxylic acids is 1. The quantitative estimate of drug-likeness (QED) is 0.398. The van der Waals surface area contributed by atoms with E-state index in [1.807, 2.05) is 0 Å². The van der Waals surface area contributed by atoms with Gasteiger partial charge in [0, 0.05) is 33.1 Å². The molecule has 1 saturated heterocycles. The van der Waals surface area contributed by atoms with Gasteiger partial charge in [-0.1, -0.05) is 12.1 Å². The maximum Gasteiger partial charge on any atom is 0.217 e. The van der Waals surface area contributed by atoms with Crippen LogP contribution < -0.4 is 11.1 Å². The molecule has 1 atom stereocenters. The van der Waals surface area contributed by atoms with Crippen LogP contribution in [0.3, 0.4) is 0 Å². The highest BCUT2D eigenvalue weighted by Crippen LogP contribution is 2.19. The maximum atomic E-state index is 13.6. The van der Waals surface area contributed by atoms with Crippen molar-refractivity contribution in [3.63, 3.8) is 0 Å². The lowest BCUT2D eigenvalue weighted by atomic mass is 9.95. The van der Waals surface area contributed by atoms with Gasteiger partial charge >= 0.3 is 0 Å². The van der Waals surface area contributed by atoms with Crippen LogP contribution in [0.2, 0.25) is 0 Å². The molecule has 0 bridgehead atoms. The highest BCUT2D eigenvalue weighted by atomic mass is 127. The van der Waals surface area contributed by atoms with Crippen LogP contribution in [0.15, 0.2) is 23.2 Å². The lowest BCUT2D eigenvalue weighted by Gasteiger charge is -2.34. The van der Waals surface area contributed by atoms with E-state index >= 15 is 0 Å². The highest BCUT2D eigenvalue weighted by molar-refractivity contribution is 14.0. The number of carbonyl (C=O) groups is 1. The van der Waals surface area contributed by atoms with Crippen molar-refractivity contribution in [1.82, 2.24) is 10.2 Å². The number of halogens is 3. The molecular formula is C17H25F2IN4O. The van der Waals surface area contributed by atoms with Gasteiger partial charge in [-0.3, -0.25) is 9.79 Å². The van der Waals surface area contributed by atoms with E-state index in [1.165, 1.54) is 6.07 Å². The fourth-order valence-electron chi connectivity index (χ4n) is 3.09. The molecule has 1 aliphatic rings. The smallest absolute Gasteiger partial charge is 0.217 e. The monoisotopic (exact) mass is 466 g/mol. The van der Waals surface area contributed by atoms with Gasteiger partial charge in [-0.25, -0.2) is 8.78 Å². The summed E-state index contributed by atoms with van der Waals surface area (Å²) in [6.45, 7) is 2.02. The van der Waals surface area contributed by atoms with Crippen LogP contribution in [0.5, 0.6) is 0 Å². The van der Waals surface area contributed by atoms with Crippen molar-refractivity contribution in [2.24, 2.45) is 16.6 Å². The normalized spacial score (nSPS) is 17.8. The van der Waals surface area contributed by atoms with E-state index in [0.29, 0.717) is 30.9 Å². The molecule has 0 saturated carbocycles. The second kappa shape index (κ2) is 10.5. The van der Waals surface area contributed by atoms with E-state index in [2.05, 4.69) is 15.2 Å². The summed E-state index contributed by atoms with van der Waals surface area (Å²) in [5.74, 6) is -0.973. The largest absolute Gasteiger partial charge is 0.370 e. The van der Waals surface area contributed by atoms with Gasteiger partial charge in [-0.15, -0.1) is 24.0 Å². The first-order valence-electron chi connectivity index (χ1n) is 8.18. The minimum atomic E-state index is -0.831. The Bertz CT molecular complexity index is 612. The van der Waals surface area contributed by atoms with Gasteiger partial charge in [-0.2, -0.15) is 0 Å². The van der Waals surface area contributed by atoms with Gasteiger partial charge in [0.1, 0.15) is 0 Å². The Kier molecular flexibility index (Phi) is 9.09. The Morgan fingerprint density at radius 1 is 1.44 bits per heavy atom. The summed E-state index contributed by atoms with van der Waals surface area (Å²) in [7, 11) is 1.68. The number of piperidine rings is 1. The predicted molar refractivity (Wildman–Crippen MR) is 105 cm³/mol. The summed E-state index contributed by atoms with van der Waals surface area (Å²) in [6.07, 6.45) is 2.69. The lowest BCUT2D eigenvalue weighted by Crippen LogP contribution is -2.47. The van der Waals surface area contributed by atoms with Gasteiger partial charge in [0.25, 0.3) is 0 Å². The molecule has 1 amide bonds. The third kappa shape index (κ3) is 6.41. The van der Waals surface area contributed by atoms with Crippen molar-refractivity contribution >= 4 is 35.8 Å². The minimum Gasteiger partial charge on any atom is -0.370 e. The molecule has 3 N–H and O–H groups in total. The number of nitrogens with two attached hydrogens (primary N) is 1. The average molecular weight is 466 g/mol. The van der Waals surface area contributed by atoms with Crippen molar-refractivity contribution < 1.29 is 13.6 Å². The first-order valence-corrected chi connectivity index (χ1v) is 8.18. The molecule has 1 heterocycles. The fraction of sp³-hybridized carbons (Fsp3) is 0.529. The zero-order valence-corrected chi connectivity index (χ0v) is 16.6. The zero-order valence-electron chi connectivity index (χ0n) is 14.3. The summed E-state index contributed by atoms with van der Waals surface area (Å²) in [5.41, 5.74) is 5.62. The predicted octanol–water partition coefficient (Wildman–Crippen LogP) is 2.29. The second-order valence-electron chi connectivity index (χ2n) is 6.06. The number of nitrogens with zero attached hydrogens (tertiary/aromatic N) is 2. The number of likely N-dealkylation sites (tertiary alicyclic amines) is 1.